The molecule has 102 valence electrons. The van der Waals surface area contributed by atoms with Gasteiger partial charge in [-0.3, -0.25) is 0 Å². The first kappa shape index (κ1) is 13.3. The molecule has 0 aromatic heterocycles. The van der Waals surface area contributed by atoms with Crippen LogP contribution in [-0.2, 0) is 9.53 Å². The number of nitrogens with zero attached hydrogens (tertiary/aromatic N) is 1. The number of carbonyl (C=O) groups excluding carboxylic acids is 1. The van der Waals surface area contributed by atoms with Crippen molar-refractivity contribution in [2.24, 2.45) is 0 Å². The Kier molecular flexibility index (Phi) is 3.96. The lowest BCUT2D eigenvalue weighted by Crippen LogP contribution is -2.53. The fraction of sp³-hybridized carbons (Fsp3) is 0.333. The van der Waals surface area contributed by atoms with Gasteiger partial charge < -0.3 is 20.1 Å². The molecule has 1 heterocycles. The van der Waals surface area contributed by atoms with E-state index in [1.807, 2.05) is 0 Å². The predicted octanol–water partition coefficient (Wildman–Crippen LogP) is 1.14. The van der Waals surface area contributed by atoms with Crippen molar-refractivity contribution in [1.29, 1.82) is 0 Å². The van der Waals surface area contributed by atoms with Gasteiger partial charge in [-0.1, -0.05) is 0 Å². The number of aliphatic carboxylic acids is 1. The topological polar surface area (TPSA) is 78.9 Å². The third kappa shape index (κ3) is 3.19. The van der Waals surface area contributed by atoms with Crippen LogP contribution < -0.4 is 5.32 Å². The van der Waals surface area contributed by atoms with Gasteiger partial charge in [-0.25, -0.2) is 14.0 Å². The summed E-state index contributed by atoms with van der Waals surface area (Å²) in [6.07, 6.45) is 0. The van der Waals surface area contributed by atoms with Crippen molar-refractivity contribution in [3.63, 3.8) is 0 Å². The van der Waals surface area contributed by atoms with Gasteiger partial charge in [0.05, 0.1) is 13.2 Å². The molecule has 2 amide bonds. The molecule has 1 saturated heterocycles. The molecule has 2 N–H and O–H groups in total. The molecule has 1 aromatic rings. The van der Waals surface area contributed by atoms with Crippen LogP contribution in [0.1, 0.15) is 0 Å². The highest BCUT2D eigenvalue weighted by Gasteiger charge is 2.32. The maximum atomic E-state index is 12.7. The summed E-state index contributed by atoms with van der Waals surface area (Å²) in [6, 6.07) is 3.69. The SMILES string of the molecule is O=C(O)C1COCCN1C(=O)Nc1ccc(F)cc1. The number of benzene rings is 1. The first-order valence-corrected chi connectivity index (χ1v) is 5.71. The van der Waals surface area contributed by atoms with Crippen LogP contribution in [0.25, 0.3) is 0 Å². The van der Waals surface area contributed by atoms with Crippen molar-refractivity contribution in [2.75, 3.05) is 25.1 Å². The Morgan fingerprint density at radius 1 is 1.37 bits per heavy atom. The Labute approximate surface area is 108 Å². The number of carboxylic acids is 1. The number of halogens is 1. The fourth-order valence-electron chi connectivity index (χ4n) is 1.78. The van der Waals surface area contributed by atoms with Crippen molar-refractivity contribution in [1.82, 2.24) is 4.90 Å². The highest BCUT2D eigenvalue weighted by atomic mass is 19.1. The molecular formula is C12H13FN2O4. The number of carboxylic acid groups (broad SMARTS) is 1. The third-order valence-electron chi connectivity index (χ3n) is 2.77. The largest absolute Gasteiger partial charge is 0.480 e. The van der Waals surface area contributed by atoms with E-state index in [1.165, 1.54) is 29.2 Å². The van der Waals surface area contributed by atoms with Gasteiger partial charge in [0.15, 0.2) is 6.04 Å². The quantitative estimate of drug-likeness (QED) is 0.843. The maximum Gasteiger partial charge on any atom is 0.328 e. The van der Waals surface area contributed by atoms with Crippen molar-refractivity contribution in [3.05, 3.63) is 30.1 Å². The Balaban J connectivity index is 2.05. The van der Waals surface area contributed by atoms with E-state index in [2.05, 4.69) is 5.32 Å². The third-order valence-corrected chi connectivity index (χ3v) is 2.77. The molecule has 7 heteroatoms. The van der Waals surface area contributed by atoms with Crippen LogP contribution in [0.4, 0.5) is 14.9 Å². The second kappa shape index (κ2) is 5.66. The number of urea groups is 1. The zero-order valence-electron chi connectivity index (χ0n) is 10.0. The molecule has 1 aliphatic heterocycles. The zero-order valence-corrected chi connectivity index (χ0v) is 10.0. The van der Waals surface area contributed by atoms with E-state index < -0.39 is 23.9 Å². The molecule has 0 spiro atoms. The van der Waals surface area contributed by atoms with Crippen molar-refractivity contribution in [3.8, 4) is 0 Å². The smallest absolute Gasteiger partial charge is 0.328 e. The van der Waals surface area contributed by atoms with Gasteiger partial charge in [0.1, 0.15) is 5.82 Å². The number of ether oxygens (including phenoxy) is 1. The van der Waals surface area contributed by atoms with Crippen LogP contribution in [0.15, 0.2) is 24.3 Å². The molecule has 1 aliphatic rings. The molecule has 19 heavy (non-hydrogen) atoms. The predicted molar refractivity (Wildman–Crippen MR) is 64.4 cm³/mol. The molecule has 0 bridgehead atoms. The molecule has 0 saturated carbocycles. The Morgan fingerprint density at radius 2 is 2.05 bits per heavy atom. The Hall–Kier alpha value is -2.15. The molecule has 0 radical (unpaired) electrons. The first-order valence-electron chi connectivity index (χ1n) is 5.71. The van der Waals surface area contributed by atoms with Gasteiger partial charge in [0.25, 0.3) is 0 Å². The normalized spacial score (nSPS) is 19.0. The van der Waals surface area contributed by atoms with Crippen LogP contribution in [0.5, 0.6) is 0 Å². The van der Waals surface area contributed by atoms with E-state index >= 15 is 0 Å². The summed E-state index contributed by atoms with van der Waals surface area (Å²) in [6.45, 7) is 0.455. The van der Waals surface area contributed by atoms with Crippen LogP contribution in [0, 0.1) is 5.82 Å². The van der Waals surface area contributed by atoms with Crippen molar-refractivity contribution >= 4 is 17.7 Å². The lowest BCUT2D eigenvalue weighted by Gasteiger charge is -2.32. The van der Waals surface area contributed by atoms with E-state index in [0.717, 1.165) is 0 Å². The van der Waals surface area contributed by atoms with E-state index in [-0.39, 0.29) is 13.2 Å². The molecule has 6 nitrogen and oxygen atoms in total. The van der Waals surface area contributed by atoms with Crippen molar-refractivity contribution < 1.29 is 23.8 Å². The number of morpholine rings is 1. The van der Waals surface area contributed by atoms with Crippen LogP contribution in [-0.4, -0.2) is 47.8 Å². The van der Waals surface area contributed by atoms with Gasteiger partial charge >= 0.3 is 12.0 Å². The number of rotatable bonds is 2. The van der Waals surface area contributed by atoms with Gasteiger partial charge in [0, 0.05) is 12.2 Å². The summed E-state index contributed by atoms with van der Waals surface area (Å²) in [5, 5.41) is 11.5. The summed E-state index contributed by atoms with van der Waals surface area (Å²) in [5.74, 6) is -1.53. The number of carbonyl (C=O) groups is 2. The van der Waals surface area contributed by atoms with Gasteiger partial charge in [-0.2, -0.15) is 0 Å². The maximum absolute atomic E-state index is 12.7. The number of hydrogen-bond donors (Lipinski definition) is 2. The fourth-order valence-corrected chi connectivity index (χ4v) is 1.78. The van der Waals surface area contributed by atoms with Gasteiger partial charge in [-0.15, -0.1) is 0 Å². The molecule has 1 fully saturated rings. The van der Waals surface area contributed by atoms with Gasteiger partial charge in [-0.05, 0) is 24.3 Å². The first-order chi connectivity index (χ1) is 9.08. The Bertz CT molecular complexity index is 477. The van der Waals surface area contributed by atoms with Gasteiger partial charge in [0.2, 0.25) is 0 Å². The summed E-state index contributed by atoms with van der Waals surface area (Å²) < 4.78 is 17.8. The lowest BCUT2D eigenvalue weighted by atomic mass is 10.2. The minimum Gasteiger partial charge on any atom is -0.480 e. The second-order valence-electron chi connectivity index (χ2n) is 4.06. The number of amides is 2. The van der Waals surface area contributed by atoms with E-state index in [1.54, 1.807) is 0 Å². The van der Waals surface area contributed by atoms with E-state index in [4.69, 9.17) is 9.84 Å². The summed E-state index contributed by atoms with van der Waals surface area (Å²) in [4.78, 5) is 24.2. The number of anilines is 1. The highest BCUT2D eigenvalue weighted by Crippen LogP contribution is 2.13. The van der Waals surface area contributed by atoms with E-state index in [9.17, 15) is 14.0 Å². The monoisotopic (exact) mass is 268 g/mol. The minimum absolute atomic E-state index is 0.0355. The average Bonchev–Trinajstić information content (AvgIpc) is 2.41. The average molecular weight is 268 g/mol. The standard InChI is InChI=1S/C12H13FN2O4/c13-8-1-3-9(4-2-8)14-12(18)15-5-6-19-7-10(15)11(16)17/h1-4,10H,5-7H2,(H,14,18)(H,16,17). The molecule has 2 rings (SSSR count). The summed E-state index contributed by atoms with van der Waals surface area (Å²) in [5.41, 5.74) is 0.405. The van der Waals surface area contributed by atoms with Crippen LogP contribution >= 0.6 is 0 Å². The Morgan fingerprint density at radius 3 is 2.68 bits per heavy atom. The number of hydrogen-bond acceptors (Lipinski definition) is 3. The molecular weight excluding hydrogens is 255 g/mol. The second-order valence-corrected chi connectivity index (χ2v) is 4.06. The van der Waals surface area contributed by atoms with E-state index in [0.29, 0.717) is 12.3 Å². The summed E-state index contributed by atoms with van der Waals surface area (Å²) in [7, 11) is 0. The molecule has 1 atom stereocenters. The molecule has 1 aromatic carbocycles. The van der Waals surface area contributed by atoms with Crippen LogP contribution in [0.3, 0.4) is 0 Å². The van der Waals surface area contributed by atoms with Crippen molar-refractivity contribution in [2.45, 2.75) is 6.04 Å². The lowest BCUT2D eigenvalue weighted by molar-refractivity contribution is -0.147. The van der Waals surface area contributed by atoms with Crippen LogP contribution in [0.2, 0.25) is 0 Å². The number of nitrogens with one attached hydrogen (secondary N) is 1. The zero-order chi connectivity index (χ0) is 13.8. The molecule has 0 aliphatic carbocycles. The summed E-state index contributed by atoms with van der Waals surface area (Å²) >= 11 is 0. The minimum atomic E-state index is -1.12. The molecule has 1 unspecified atom stereocenters. The highest BCUT2D eigenvalue weighted by molar-refractivity contribution is 5.92.